The van der Waals surface area contributed by atoms with Crippen LogP contribution in [0.2, 0.25) is 0 Å². The first-order chi connectivity index (χ1) is 5.18. The first kappa shape index (κ1) is 12.7. The number of hydrogen-bond donors (Lipinski definition) is 2. The van der Waals surface area contributed by atoms with Crippen LogP contribution in [-0.2, 0) is 0 Å². The second-order valence-corrected chi connectivity index (χ2v) is 4.24. The van der Waals surface area contributed by atoms with Gasteiger partial charge >= 0.3 is 0 Å². The fourth-order valence-electron chi connectivity index (χ4n) is 1.26. The quantitative estimate of drug-likeness (QED) is 0.421. The molecule has 0 saturated carbocycles. The molecule has 1 rings (SSSR count). The summed E-state index contributed by atoms with van der Waals surface area (Å²) in [4.78, 5) is 0. The van der Waals surface area contributed by atoms with E-state index in [0.29, 0.717) is 4.32 Å². The topological polar surface area (TPSA) is 15.3 Å². The van der Waals surface area contributed by atoms with Crippen LogP contribution in [0.3, 0.4) is 0 Å². The predicted octanol–water partition coefficient (Wildman–Crippen LogP) is 1.06. The Labute approximate surface area is 95.3 Å². The zero-order chi connectivity index (χ0) is 8.27. The van der Waals surface area contributed by atoms with Crippen LogP contribution in [0.25, 0.3) is 0 Å². The second kappa shape index (κ2) is 6.22. The Balaban J connectivity index is 0.00000121. The molecule has 0 aromatic rings. The van der Waals surface area contributed by atoms with E-state index in [9.17, 15) is 0 Å². The summed E-state index contributed by atoms with van der Waals surface area (Å²) in [5.41, 5.74) is 3.03. The molecule has 0 spiro atoms. The van der Waals surface area contributed by atoms with Crippen LogP contribution >= 0.6 is 24.8 Å². The van der Waals surface area contributed by atoms with Crippen LogP contribution in [0.5, 0.6) is 0 Å². The Morgan fingerprint density at radius 1 is 1.50 bits per heavy atom. The number of thiocarbonyl (C=S) groups is 1. The molecule has 1 heterocycles. The maximum atomic E-state index is 4.82. The summed E-state index contributed by atoms with van der Waals surface area (Å²) in [6.07, 6.45) is 2.51. The van der Waals surface area contributed by atoms with E-state index in [1.807, 2.05) is 0 Å². The Morgan fingerprint density at radius 2 is 2.00 bits per heavy atom. The minimum atomic E-state index is 0. The molecule has 1 fully saturated rings. The molecule has 0 aliphatic carbocycles. The van der Waals surface area contributed by atoms with E-state index in [1.165, 1.54) is 12.8 Å². The summed E-state index contributed by atoms with van der Waals surface area (Å²) in [5, 5.41) is 2.13. The van der Waals surface area contributed by atoms with Crippen LogP contribution in [0.4, 0.5) is 0 Å². The van der Waals surface area contributed by atoms with Crippen molar-refractivity contribution in [1.82, 2.24) is 10.4 Å². The fourth-order valence-corrected chi connectivity index (χ4v) is 1.53. The molecule has 0 aromatic carbocycles. The summed E-state index contributed by atoms with van der Waals surface area (Å²) in [6, 6.07) is 0. The van der Waals surface area contributed by atoms with Gasteiger partial charge < -0.3 is 5.43 Å². The van der Waals surface area contributed by atoms with Crippen LogP contribution in [0.1, 0.15) is 19.8 Å². The molecular weight excluding hydrogens is 255 g/mol. The van der Waals surface area contributed by atoms with Gasteiger partial charge in [-0.05, 0) is 18.8 Å². The number of rotatable bonds is 1. The van der Waals surface area contributed by atoms with E-state index in [4.69, 9.17) is 12.2 Å². The number of thiol groups is 1. The molecule has 1 N–H and O–H groups in total. The van der Waals surface area contributed by atoms with Crippen molar-refractivity contribution in [1.29, 1.82) is 0 Å². The van der Waals surface area contributed by atoms with Gasteiger partial charge in [-0.1, -0.05) is 19.1 Å². The molecule has 2 radical (unpaired) electrons. The van der Waals surface area contributed by atoms with E-state index in [0.717, 1.165) is 19.0 Å². The van der Waals surface area contributed by atoms with Gasteiger partial charge in [0.2, 0.25) is 0 Å². The summed E-state index contributed by atoms with van der Waals surface area (Å²) in [5.74, 6) is 0.863. The molecule has 0 amide bonds. The predicted molar refractivity (Wildman–Crippen MR) is 60.4 cm³/mol. The van der Waals surface area contributed by atoms with Crippen molar-refractivity contribution in [3.05, 3.63) is 0 Å². The van der Waals surface area contributed by atoms with E-state index in [1.54, 1.807) is 0 Å². The normalized spacial score (nSPS) is 19.8. The van der Waals surface area contributed by atoms with Crippen molar-refractivity contribution in [2.24, 2.45) is 5.92 Å². The minimum absolute atomic E-state index is 0. The number of piperidine rings is 1. The number of hydrogen-bond acceptors (Lipinski definition) is 2. The Morgan fingerprint density at radius 3 is 2.42 bits per heavy atom. The van der Waals surface area contributed by atoms with E-state index >= 15 is 0 Å². The van der Waals surface area contributed by atoms with Crippen LogP contribution in [0, 0.1) is 5.92 Å². The van der Waals surface area contributed by atoms with Gasteiger partial charge in [-0.2, -0.15) is 0 Å². The van der Waals surface area contributed by atoms with Crippen molar-refractivity contribution in [3.63, 3.8) is 0 Å². The van der Waals surface area contributed by atoms with Crippen molar-refractivity contribution in [3.8, 4) is 0 Å². The molecule has 70 valence electrons. The zero-order valence-electron chi connectivity index (χ0n) is 7.12. The SMILES string of the molecule is CC1CCN(NC(=S)S)CC1.[Se]. The monoisotopic (exact) mass is 270 g/mol. The standard InChI is InChI=1S/C7H14N2S2.Se/c1-6-2-4-9(5-3-6)8-7(10)11;/h6H,2-5H2,1H3,(H2,8,10,11);. The van der Waals surface area contributed by atoms with Gasteiger partial charge in [0.05, 0.1) is 0 Å². The summed E-state index contributed by atoms with van der Waals surface area (Å²) >= 11 is 8.83. The van der Waals surface area contributed by atoms with E-state index < -0.39 is 0 Å². The number of hydrazine groups is 1. The zero-order valence-corrected chi connectivity index (χ0v) is 10.5. The first-order valence-corrected chi connectivity index (χ1v) is 4.78. The van der Waals surface area contributed by atoms with Crippen LogP contribution in [0.15, 0.2) is 0 Å². The average Bonchev–Trinajstić information content (AvgIpc) is 1.93. The summed E-state index contributed by atoms with van der Waals surface area (Å²) in [7, 11) is 0. The molecule has 12 heavy (non-hydrogen) atoms. The largest absolute Gasteiger partial charge is 0.304 e. The summed E-state index contributed by atoms with van der Waals surface area (Å²) < 4.78 is 0.569. The van der Waals surface area contributed by atoms with Gasteiger partial charge in [0, 0.05) is 30.2 Å². The van der Waals surface area contributed by atoms with Crippen molar-refractivity contribution in [2.45, 2.75) is 19.8 Å². The molecule has 1 aliphatic heterocycles. The van der Waals surface area contributed by atoms with Crippen molar-refractivity contribution in [2.75, 3.05) is 13.1 Å². The third kappa shape index (κ3) is 4.67. The smallest absolute Gasteiger partial charge is 0.145 e. The number of nitrogens with zero attached hydrogens (tertiary/aromatic N) is 1. The van der Waals surface area contributed by atoms with Crippen LogP contribution < -0.4 is 5.43 Å². The maximum absolute atomic E-state index is 4.82. The van der Waals surface area contributed by atoms with E-state index in [-0.39, 0.29) is 17.1 Å². The van der Waals surface area contributed by atoms with Gasteiger partial charge in [0.15, 0.2) is 0 Å². The van der Waals surface area contributed by atoms with Gasteiger partial charge in [0.1, 0.15) is 4.32 Å². The average molecular weight is 269 g/mol. The molecule has 0 bridgehead atoms. The Kier molecular flexibility index (Phi) is 6.59. The molecule has 1 saturated heterocycles. The number of nitrogens with one attached hydrogen (secondary N) is 1. The molecule has 5 heteroatoms. The Bertz CT molecular complexity index is 146. The van der Waals surface area contributed by atoms with Gasteiger partial charge in [-0.25, -0.2) is 5.01 Å². The van der Waals surface area contributed by atoms with Crippen molar-refractivity contribution >= 4 is 46.2 Å². The molecular formula is C7H14N2S2Se. The van der Waals surface area contributed by atoms with Gasteiger partial charge in [0.25, 0.3) is 0 Å². The minimum Gasteiger partial charge on any atom is -0.304 e. The molecule has 0 atom stereocenters. The van der Waals surface area contributed by atoms with Crippen molar-refractivity contribution < 1.29 is 0 Å². The summed E-state index contributed by atoms with van der Waals surface area (Å²) in [6.45, 7) is 4.46. The third-order valence-electron chi connectivity index (χ3n) is 2.04. The maximum Gasteiger partial charge on any atom is 0.145 e. The van der Waals surface area contributed by atoms with Crippen LogP contribution in [-0.4, -0.2) is 39.5 Å². The molecule has 2 nitrogen and oxygen atoms in total. The third-order valence-corrected chi connectivity index (χ3v) is 2.23. The molecule has 0 aromatic heterocycles. The molecule has 0 unspecified atom stereocenters. The molecule has 1 aliphatic rings. The second-order valence-electron chi connectivity index (χ2n) is 3.09. The van der Waals surface area contributed by atoms with Gasteiger partial charge in [-0.15, -0.1) is 12.6 Å². The van der Waals surface area contributed by atoms with E-state index in [2.05, 4.69) is 30.0 Å². The first-order valence-electron chi connectivity index (χ1n) is 3.93. The fraction of sp³-hybridized carbons (Fsp3) is 0.857. The Hall–Kier alpha value is 0.719. The van der Waals surface area contributed by atoms with Gasteiger partial charge in [-0.3, -0.25) is 0 Å².